The van der Waals surface area contributed by atoms with Crippen LogP contribution in [0.4, 0.5) is 0 Å². The Morgan fingerprint density at radius 1 is 1.15 bits per heavy atom. The fourth-order valence-electron chi connectivity index (χ4n) is 3.12. The molecule has 1 aliphatic carbocycles. The Labute approximate surface area is 120 Å². The molecule has 3 rings (SSSR count). The van der Waals surface area contributed by atoms with Crippen molar-refractivity contribution in [3.63, 3.8) is 0 Å². The molecule has 0 saturated carbocycles. The molecule has 2 heterocycles. The van der Waals surface area contributed by atoms with Crippen molar-refractivity contribution in [3.8, 4) is 17.0 Å². The van der Waals surface area contributed by atoms with Gasteiger partial charge >= 0.3 is 0 Å². The van der Waals surface area contributed by atoms with Crippen LogP contribution in [0, 0.1) is 6.92 Å². The van der Waals surface area contributed by atoms with Crippen LogP contribution in [0.15, 0.2) is 18.5 Å². The van der Waals surface area contributed by atoms with E-state index in [4.69, 9.17) is 4.74 Å². The van der Waals surface area contributed by atoms with Crippen LogP contribution in [0.3, 0.4) is 0 Å². The van der Waals surface area contributed by atoms with E-state index in [-0.39, 0.29) is 0 Å². The van der Waals surface area contributed by atoms with E-state index in [0.717, 1.165) is 12.8 Å². The zero-order valence-corrected chi connectivity index (χ0v) is 12.4. The normalized spacial score (nSPS) is 13.3. The minimum atomic E-state index is 0.660. The summed E-state index contributed by atoms with van der Waals surface area (Å²) in [5.41, 5.74) is 7.82. The zero-order chi connectivity index (χ0) is 14.1. The van der Waals surface area contributed by atoms with Gasteiger partial charge in [-0.25, -0.2) is 4.98 Å². The highest BCUT2D eigenvalue weighted by Gasteiger charge is 2.19. The Hall–Kier alpha value is -1.90. The first-order valence-corrected chi connectivity index (χ1v) is 7.25. The summed E-state index contributed by atoms with van der Waals surface area (Å²) < 4.78 is 5.27. The molecule has 0 fully saturated rings. The highest BCUT2D eigenvalue weighted by molar-refractivity contribution is 5.72. The quantitative estimate of drug-likeness (QED) is 0.854. The zero-order valence-electron chi connectivity index (χ0n) is 12.4. The van der Waals surface area contributed by atoms with Crippen molar-refractivity contribution in [2.45, 2.75) is 39.5 Å². The van der Waals surface area contributed by atoms with Crippen LogP contribution in [0.5, 0.6) is 5.88 Å². The van der Waals surface area contributed by atoms with E-state index in [0.29, 0.717) is 5.88 Å². The maximum atomic E-state index is 5.27. The van der Waals surface area contributed by atoms with Gasteiger partial charge in [0.25, 0.3) is 0 Å². The maximum absolute atomic E-state index is 5.27. The summed E-state index contributed by atoms with van der Waals surface area (Å²) >= 11 is 0. The van der Waals surface area contributed by atoms with Crippen LogP contribution < -0.4 is 4.74 Å². The Morgan fingerprint density at radius 3 is 2.75 bits per heavy atom. The molecule has 0 bridgehead atoms. The van der Waals surface area contributed by atoms with Crippen LogP contribution in [0.1, 0.15) is 35.7 Å². The van der Waals surface area contributed by atoms with Crippen molar-refractivity contribution in [2.24, 2.45) is 0 Å². The smallest absolute Gasteiger partial charge is 0.213 e. The number of rotatable bonds is 3. The minimum Gasteiger partial charge on any atom is -0.481 e. The van der Waals surface area contributed by atoms with Gasteiger partial charge in [0.05, 0.1) is 7.11 Å². The van der Waals surface area contributed by atoms with Gasteiger partial charge in [0.15, 0.2) is 0 Å². The number of aromatic nitrogens is 2. The van der Waals surface area contributed by atoms with Gasteiger partial charge in [0.2, 0.25) is 5.88 Å². The molecule has 104 valence electrons. The Morgan fingerprint density at radius 2 is 2.00 bits per heavy atom. The number of fused-ring (bicyclic) bond motifs is 1. The molecule has 0 aliphatic heterocycles. The lowest BCUT2D eigenvalue weighted by Gasteiger charge is -2.15. The molecule has 0 unspecified atom stereocenters. The molecule has 0 aromatic carbocycles. The van der Waals surface area contributed by atoms with E-state index < -0.39 is 0 Å². The molecule has 0 saturated heterocycles. The van der Waals surface area contributed by atoms with E-state index in [1.807, 2.05) is 18.5 Å². The summed E-state index contributed by atoms with van der Waals surface area (Å²) in [5.74, 6) is 0.660. The molecule has 3 heteroatoms. The number of hydrogen-bond donors (Lipinski definition) is 0. The van der Waals surface area contributed by atoms with Gasteiger partial charge in [-0.3, -0.25) is 4.98 Å². The lowest BCUT2D eigenvalue weighted by Crippen LogP contribution is -2.00. The predicted molar refractivity (Wildman–Crippen MR) is 80.2 cm³/mol. The summed E-state index contributed by atoms with van der Waals surface area (Å²) in [6.45, 7) is 4.32. The molecule has 0 spiro atoms. The topological polar surface area (TPSA) is 35.0 Å². The Balaban J connectivity index is 2.20. The van der Waals surface area contributed by atoms with E-state index in [9.17, 15) is 0 Å². The van der Waals surface area contributed by atoms with Gasteiger partial charge < -0.3 is 4.74 Å². The Kier molecular flexibility index (Phi) is 3.43. The van der Waals surface area contributed by atoms with Crippen LogP contribution in [0.2, 0.25) is 0 Å². The third kappa shape index (κ3) is 2.07. The average Bonchev–Trinajstić information content (AvgIpc) is 2.95. The number of ether oxygens (including phenoxy) is 1. The summed E-state index contributed by atoms with van der Waals surface area (Å²) in [7, 11) is 1.66. The molecular weight excluding hydrogens is 248 g/mol. The number of nitrogens with zero attached hydrogens (tertiary/aromatic N) is 2. The fraction of sp³-hybridized carbons (Fsp3) is 0.412. The number of pyridine rings is 2. The molecule has 1 aliphatic rings. The monoisotopic (exact) mass is 268 g/mol. The molecule has 0 amide bonds. The largest absolute Gasteiger partial charge is 0.481 e. The lowest BCUT2D eigenvalue weighted by atomic mass is 9.93. The molecule has 0 atom stereocenters. The van der Waals surface area contributed by atoms with E-state index in [1.165, 1.54) is 46.4 Å². The van der Waals surface area contributed by atoms with Crippen molar-refractivity contribution in [1.29, 1.82) is 0 Å². The minimum absolute atomic E-state index is 0.660. The van der Waals surface area contributed by atoms with Crippen molar-refractivity contribution in [2.75, 3.05) is 7.11 Å². The standard InChI is InChI=1S/C17H20N2O/c1-4-12-13-6-5-7-16(13)18-10-15(12)14-8-17(20-3)19-9-11(14)2/h8-10H,4-7H2,1-3H3. The number of hydrogen-bond acceptors (Lipinski definition) is 3. The van der Waals surface area contributed by atoms with Gasteiger partial charge in [-0.1, -0.05) is 6.92 Å². The highest BCUT2D eigenvalue weighted by Crippen LogP contribution is 2.34. The van der Waals surface area contributed by atoms with E-state index in [2.05, 4.69) is 23.8 Å². The van der Waals surface area contributed by atoms with E-state index in [1.54, 1.807) is 7.11 Å². The molecule has 0 N–H and O–H groups in total. The summed E-state index contributed by atoms with van der Waals surface area (Å²) in [4.78, 5) is 8.95. The number of aryl methyl sites for hydroxylation is 2. The van der Waals surface area contributed by atoms with E-state index >= 15 is 0 Å². The van der Waals surface area contributed by atoms with Crippen molar-refractivity contribution in [1.82, 2.24) is 9.97 Å². The van der Waals surface area contributed by atoms with Gasteiger partial charge in [-0.05, 0) is 54.9 Å². The van der Waals surface area contributed by atoms with Gasteiger partial charge in [0, 0.05) is 29.7 Å². The predicted octanol–water partition coefficient (Wildman–Crippen LogP) is 3.51. The fourth-order valence-corrected chi connectivity index (χ4v) is 3.12. The van der Waals surface area contributed by atoms with Crippen LogP contribution >= 0.6 is 0 Å². The Bertz CT molecular complexity index is 650. The molecule has 20 heavy (non-hydrogen) atoms. The first-order chi connectivity index (χ1) is 9.74. The molecular formula is C17H20N2O. The molecule has 0 radical (unpaired) electrons. The van der Waals surface area contributed by atoms with Crippen molar-refractivity contribution >= 4 is 0 Å². The molecule has 3 nitrogen and oxygen atoms in total. The lowest BCUT2D eigenvalue weighted by molar-refractivity contribution is 0.398. The van der Waals surface area contributed by atoms with Crippen molar-refractivity contribution in [3.05, 3.63) is 40.8 Å². The second-order valence-electron chi connectivity index (χ2n) is 5.32. The summed E-state index contributed by atoms with van der Waals surface area (Å²) in [6.07, 6.45) is 8.48. The number of methoxy groups -OCH3 is 1. The second kappa shape index (κ2) is 5.23. The SMILES string of the molecule is CCc1c(-c2cc(OC)ncc2C)cnc2c1CCC2. The first-order valence-electron chi connectivity index (χ1n) is 7.25. The van der Waals surface area contributed by atoms with Crippen LogP contribution in [-0.2, 0) is 19.3 Å². The highest BCUT2D eigenvalue weighted by atomic mass is 16.5. The maximum Gasteiger partial charge on any atom is 0.213 e. The summed E-state index contributed by atoms with van der Waals surface area (Å²) in [5, 5.41) is 0. The molecule has 2 aromatic rings. The van der Waals surface area contributed by atoms with Crippen molar-refractivity contribution < 1.29 is 4.74 Å². The average molecular weight is 268 g/mol. The van der Waals surface area contributed by atoms with Gasteiger partial charge in [0.1, 0.15) is 0 Å². The first kappa shape index (κ1) is 13.1. The molecule has 2 aromatic heterocycles. The summed E-state index contributed by atoms with van der Waals surface area (Å²) in [6, 6.07) is 2.02. The third-order valence-electron chi connectivity index (χ3n) is 4.16. The third-order valence-corrected chi connectivity index (χ3v) is 4.16. The van der Waals surface area contributed by atoms with Crippen LogP contribution in [-0.4, -0.2) is 17.1 Å². The second-order valence-corrected chi connectivity index (χ2v) is 5.32. The van der Waals surface area contributed by atoms with Gasteiger partial charge in [-0.15, -0.1) is 0 Å². The van der Waals surface area contributed by atoms with Crippen LogP contribution in [0.25, 0.3) is 11.1 Å². The van der Waals surface area contributed by atoms with Gasteiger partial charge in [-0.2, -0.15) is 0 Å².